The first-order chi connectivity index (χ1) is 10.2. The highest BCUT2D eigenvalue weighted by molar-refractivity contribution is 5.93. The van der Waals surface area contributed by atoms with E-state index in [1.54, 1.807) is 14.2 Å². The monoisotopic (exact) mass is 295 g/mol. The third-order valence-corrected chi connectivity index (χ3v) is 4.12. The van der Waals surface area contributed by atoms with Gasteiger partial charge in [0.1, 0.15) is 5.69 Å². The Morgan fingerprint density at radius 1 is 1.48 bits per heavy atom. The SMILES string of the molecule is COCCn1cccc1C(=O)N1CCC(OC)CC1CN. The molecule has 0 saturated carbocycles. The van der Waals surface area contributed by atoms with Crippen molar-refractivity contribution in [3.8, 4) is 0 Å². The van der Waals surface area contributed by atoms with Crippen LogP contribution in [0, 0.1) is 0 Å². The van der Waals surface area contributed by atoms with Crippen molar-refractivity contribution in [3.63, 3.8) is 0 Å². The van der Waals surface area contributed by atoms with Crippen LogP contribution in [0.15, 0.2) is 18.3 Å². The van der Waals surface area contributed by atoms with Crippen molar-refractivity contribution < 1.29 is 14.3 Å². The van der Waals surface area contributed by atoms with Gasteiger partial charge < -0.3 is 24.7 Å². The number of hydrogen-bond acceptors (Lipinski definition) is 4. The highest BCUT2D eigenvalue weighted by atomic mass is 16.5. The van der Waals surface area contributed by atoms with E-state index < -0.39 is 0 Å². The molecule has 118 valence electrons. The minimum atomic E-state index is 0.0427. The van der Waals surface area contributed by atoms with Crippen LogP contribution in [0.2, 0.25) is 0 Å². The fourth-order valence-electron chi connectivity index (χ4n) is 2.86. The minimum Gasteiger partial charge on any atom is -0.383 e. The van der Waals surface area contributed by atoms with Gasteiger partial charge in [-0.3, -0.25) is 4.79 Å². The number of nitrogens with two attached hydrogens (primary N) is 1. The van der Waals surface area contributed by atoms with Gasteiger partial charge >= 0.3 is 0 Å². The molecule has 1 aliphatic rings. The quantitative estimate of drug-likeness (QED) is 0.839. The lowest BCUT2D eigenvalue weighted by Crippen LogP contribution is -2.51. The average Bonchev–Trinajstić information content (AvgIpc) is 2.99. The summed E-state index contributed by atoms with van der Waals surface area (Å²) in [6.07, 6.45) is 3.77. The number of nitrogens with zero attached hydrogens (tertiary/aromatic N) is 2. The van der Waals surface area contributed by atoms with Gasteiger partial charge in [0.2, 0.25) is 0 Å². The van der Waals surface area contributed by atoms with Gasteiger partial charge in [0, 0.05) is 46.1 Å². The third kappa shape index (κ3) is 3.64. The first-order valence-corrected chi connectivity index (χ1v) is 7.39. The van der Waals surface area contributed by atoms with Crippen LogP contribution in [0.25, 0.3) is 0 Å². The predicted molar refractivity (Wildman–Crippen MR) is 80.2 cm³/mol. The van der Waals surface area contributed by atoms with Gasteiger partial charge in [0.25, 0.3) is 5.91 Å². The van der Waals surface area contributed by atoms with E-state index in [0.717, 1.165) is 12.8 Å². The predicted octanol–water partition coefficient (Wildman–Crippen LogP) is 0.713. The summed E-state index contributed by atoms with van der Waals surface area (Å²) < 4.78 is 12.4. The Morgan fingerprint density at radius 2 is 2.29 bits per heavy atom. The van der Waals surface area contributed by atoms with Crippen molar-refractivity contribution in [3.05, 3.63) is 24.0 Å². The second-order valence-corrected chi connectivity index (χ2v) is 5.35. The van der Waals surface area contributed by atoms with Crippen LogP contribution in [0.4, 0.5) is 0 Å². The zero-order valence-electron chi connectivity index (χ0n) is 12.8. The van der Waals surface area contributed by atoms with Gasteiger partial charge in [-0.25, -0.2) is 0 Å². The van der Waals surface area contributed by atoms with Crippen molar-refractivity contribution in [2.75, 3.05) is 33.9 Å². The summed E-state index contributed by atoms with van der Waals surface area (Å²) in [5, 5.41) is 0. The summed E-state index contributed by atoms with van der Waals surface area (Å²) in [5.41, 5.74) is 6.54. The zero-order chi connectivity index (χ0) is 15.2. The van der Waals surface area contributed by atoms with Gasteiger partial charge in [0.15, 0.2) is 0 Å². The summed E-state index contributed by atoms with van der Waals surface area (Å²) >= 11 is 0. The standard InChI is InChI=1S/C15H25N3O3/c1-20-9-8-17-6-3-4-14(17)15(19)18-7-5-13(21-2)10-12(18)11-16/h3-4,6,12-13H,5,7-11,16H2,1-2H3. The molecule has 1 aromatic rings. The second-order valence-electron chi connectivity index (χ2n) is 5.35. The number of amides is 1. The van der Waals surface area contributed by atoms with Crippen LogP contribution in [0.3, 0.4) is 0 Å². The van der Waals surface area contributed by atoms with E-state index in [9.17, 15) is 4.79 Å². The van der Waals surface area contributed by atoms with Gasteiger partial charge in [0.05, 0.1) is 12.7 Å². The van der Waals surface area contributed by atoms with E-state index in [-0.39, 0.29) is 18.1 Å². The summed E-state index contributed by atoms with van der Waals surface area (Å²) in [4.78, 5) is 14.7. The van der Waals surface area contributed by atoms with Crippen molar-refractivity contribution in [2.24, 2.45) is 5.73 Å². The Labute approximate surface area is 125 Å². The average molecular weight is 295 g/mol. The maximum atomic E-state index is 12.8. The second kappa shape index (κ2) is 7.59. The van der Waals surface area contributed by atoms with Gasteiger partial charge in [-0.2, -0.15) is 0 Å². The number of likely N-dealkylation sites (tertiary alicyclic amines) is 1. The molecule has 2 atom stereocenters. The number of methoxy groups -OCH3 is 2. The fraction of sp³-hybridized carbons (Fsp3) is 0.667. The lowest BCUT2D eigenvalue weighted by Gasteiger charge is -2.38. The molecule has 1 fully saturated rings. The minimum absolute atomic E-state index is 0.0427. The van der Waals surface area contributed by atoms with Crippen LogP contribution in [0.1, 0.15) is 23.3 Å². The summed E-state index contributed by atoms with van der Waals surface area (Å²) in [6.45, 7) is 2.41. The summed E-state index contributed by atoms with van der Waals surface area (Å²) in [6, 6.07) is 3.79. The first kappa shape index (κ1) is 16.0. The summed E-state index contributed by atoms with van der Waals surface area (Å²) in [5.74, 6) is 0.0427. The Kier molecular flexibility index (Phi) is 5.78. The normalized spacial score (nSPS) is 22.5. The fourth-order valence-corrected chi connectivity index (χ4v) is 2.86. The largest absolute Gasteiger partial charge is 0.383 e. The van der Waals surface area contributed by atoms with Crippen LogP contribution >= 0.6 is 0 Å². The van der Waals surface area contributed by atoms with E-state index in [0.29, 0.717) is 31.9 Å². The molecular formula is C15H25N3O3. The number of aromatic nitrogens is 1. The number of rotatable bonds is 6. The molecule has 6 heteroatoms. The zero-order valence-corrected chi connectivity index (χ0v) is 12.8. The molecule has 2 N–H and O–H groups in total. The van der Waals surface area contributed by atoms with Gasteiger partial charge in [-0.05, 0) is 25.0 Å². The third-order valence-electron chi connectivity index (χ3n) is 4.12. The molecule has 21 heavy (non-hydrogen) atoms. The topological polar surface area (TPSA) is 69.7 Å². The van der Waals surface area contributed by atoms with E-state index in [1.165, 1.54) is 0 Å². The van der Waals surface area contributed by atoms with E-state index in [1.807, 2.05) is 27.8 Å². The van der Waals surface area contributed by atoms with Gasteiger partial charge in [-0.1, -0.05) is 0 Å². The summed E-state index contributed by atoms with van der Waals surface area (Å²) in [7, 11) is 3.37. The van der Waals surface area contributed by atoms with Crippen molar-refractivity contribution in [1.29, 1.82) is 0 Å². The molecular weight excluding hydrogens is 270 g/mol. The molecule has 0 bridgehead atoms. The lowest BCUT2D eigenvalue weighted by molar-refractivity contribution is 0.0133. The van der Waals surface area contributed by atoms with Crippen molar-refractivity contribution in [1.82, 2.24) is 9.47 Å². The molecule has 0 radical (unpaired) electrons. The molecule has 6 nitrogen and oxygen atoms in total. The van der Waals surface area contributed by atoms with Crippen molar-refractivity contribution >= 4 is 5.91 Å². The molecule has 0 spiro atoms. The lowest BCUT2D eigenvalue weighted by atomic mass is 9.99. The molecule has 1 aromatic heterocycles. The van der Waals surface area contributed by atoms with E-state index in [4.69, 9.17) is 15.2 Å². The number of hydrogen-bond donors (Lipinski definition) is 1. The van der Waals surface area contributed by atoms with E-state index >= 15 is 0 Å². The number of ether oxygens (including phenoxy) is 2. The maximum Gasteiger partial charge on any atom is 0.270 e. The molecule has 0 aromatic carbocycles. The van der Waals surface area contributed by atoms with Crippen LogP contribution < -0.4 is 5.73 Å². The Morgan fingerprint density at radius 3 is 2.95 bits per heavy atom. The number of carbonyl (C=O) groups excluding carboxylic acids is 1. The smallest absolute Gasteiger partial charge is 0.270 e. The Bertz CT molecular complexity index is 461. The highest BCUT2D eigenvalue weighted by Crippen LogP contribution is 2.21. The van der Waals surface area contributed by atoms with Crippen molar-refractivity contribution in [2.45, 2.75) is 31.5 Å². The maximum absolute atomic E-state index is 12.8. The molecule has 2 rings (SSSR count). The molecule has 1 saturated heterocycles. The molecule has 0 aliphatic carbocycles. The number of carbonyl (C=O) groups is 1. The van der Waals surface area contributed by atoms with Crippen LogP contribution in [-0.2, 0) is 16.0 Å². The first-order valence-electron chi connectivity index (χ1n) is 7.39. The molecule has 2 heterocycles. The Hall–Kier alpha value is -1.37. The molecule has 1 amide bonds. The van der Waals surface area contributed by atoms with Gasteiger partial charge in [-0.15, -0.1) is 0 Å². The van der Waals surface area contributed by atoms with Crippen LogP contribution in [-0.4, -0.2) is 61.4 Å². The number of piperidine rings is 1. The Balaban J connectivity index is 2.10. The van der Waals surface area contributed by atoms with Crippen LogP contribution in [0.5, 0.6) is 0 Å². The molecule has 2 unspecified atom stereocenters. The molecule has 1 aliphatic heterocycles. The van der Waals surface area contributed by atoms with E-state index in [2.05, 4.69) is 0 Å². The highest BCUT2D eigenvalue weighted by Gasteiger charge is 2.32.